The molecule has 0 aliphatic heterocycles. The Balaban J connectivity index is 2.21. The summed E-state index contributed by atoms with van der Waals surface area (Å²) in [7, 11) is 1.82. The van der Waals surface area contributed by atoms with E-state index in [4.69, 9.17) is 5.73 Å². The first-order valence-electron chi connectivity index (χ1n) is 8.00. The number of thiazole rings is 1. The van der Waals surface area contributed by atoms with Crippen molar-refractivity contribution >= 4 is 17.2 Å². The van der Waals surface area contributed by atoms with Crippen LogP contribution in [0.1, 0.15) is 43.3 Å². The van der Waals surface area contributed by atoms with Crippen LogP contribution >= 0.6 is 11.3 Å². The lowest BCUT2D eigenvalue weighted by Gasteiger charge is -2.27. The number of hydrogen-bond acceptors (Lipinski definition) is 4. The predicted molar refractivity (Wildman–Crippen MR) is 96.4 cm³/mol. The zero-order chi connectivity index (χ0) is 17.0. The molecule has 2 aromatic rings. The minimum absolute atomic E-state index is 0.00610. The summed E-state index contributed by atoms with van der Waals surface area (Å²) >= 11 is 1.65. The number of aryl methyl sites for hydroxylation is 1. The number of hydrogen-bond donors (Lipinski definition) is 1. The molecular weight excluding hydrogens is 306 g/mol. The normalized spacial score (nSPS) is 13.6. The van der Waals surface area contributed by atoms with E-state index in [1.165, 1.54) is 0 Å². The summed E-state index contributed by atoms with van der Waals surface area (Å²) in [5.74, 6) is -0.00610. The number of aromatic nitrogens is 1. The molecule has 2 atom stereocenters. The van der Waals surface area contributed by atoms with Gasteiger partial charge in [-0.25, -0.2) is 4.98 Å². The van der Waals surface area contributed by atoms with E-state index in [0.717, 1.165) is 27.6 Å². The van der Waals surface area contributed by atoms with Gasteiger partial charge in [-0.05, 0) is 20.3 Å². The van der Waals surface area contributed by atoms with Crippen molar-refractivity contribution in [3.63, 3.8) is 0 Å². The Morgan fingerprint density at radius 2 is 2.00 bits per heavy atom. The molecule has 1 aromatic carbocycles. The molecule has 0 aliphatic rings. The van der Waals surface area contributed by atoms with Crippen LogP contribution in [0.4, 0.5) is 0 Å². The van der Waals surface area contributed by atoms with Gasteiger partial charge >= 0.3 is 0 Å². The van der Waals surface area contributed by atoms with E-state index < -0.39 is 6.04 Å². The molecule has 0 saturated heterocycles. The summed E-state index contributed by atoms with van der Waals surface area (Å²) < 4.78 is 0. The third-order valence-electron chi connectivity index (χ3n) is 4.08. The second kappa shape index (κ2) is 7.70. The Labute approximate surface area is 142 Å². The summed E-state index contributed by atoms with van der Waals surface area (Å²) in [6, 6.07) is 9.67. The van der Waals surface area contributed by atoms with Crippen molar-refractivity contribution in [1.29, 1.82) is 0 Å². The van der Waals surface area contributed by atoms with Crippen molar-refractivity contribution in [3.05, 3.63) is 40.9 Å². The Bertz CT molecular complexity index is 654. The largest absolute Gasteiger partial charge is 0.337 e. The molecule has 2 N–H and O–H groups in total. The first-order valence-corrected chi connectivity index (χ1v) is 8.82. The minimum Gasteiger partial charge on any atom is -0.337 e. The number of nitrogens with zero attached hydrogens (tertiary/aromatic N) is 2. The van der Waals surface area contributed by atoms with Crippen LogP contribution in [0.25, 0.3) is 10.6 Å². The third-order valence-corrected chi connectivity index (χ3v) is 5.45. The van der Waals surface area contributed by atoms with Gasteiger partial charge in [0.15, 0.2) is 0 Å². The Hall–Kier alpha value is -1.72. The topological polar surface area (TPSA) is 59.2 Å². The van der Waals surface area contributed by atoms with Gasteiger partial charge < -0.3 is 10.6 Å². The molecule has 124 valence electrons. The molecule has 0 radical (unpaired) electrons. The van der Waals surface area contributed by atoms with E-state index in [1.54, 1.807) is 16.2 Å². The maximum atomic E-state index is 12.4. The minimum atomic E-state index is -0.422. The standard InChI is InChI=1S/C18H25N3OS/c1-5-9-15(19)18(22)21(4)13(3)16-12(2)20-17(23-16)14-10-7-6-8-11-14/h6-8,10-11,13,15H,5,9,19H2,1-4H3. The number of amides is 1. The summed E-state index contributed by atoms with van der Waals surface area (Å²) in [6.07, 6.45) is 1.62. The first-order chi connectivity index (χ1) is 11.0. The van der Waals surface area contributed by atoms with Crippen LogP contribution in [-0.4, -0.2) is 28.9 Å². The smallest absolute Gasteiger partial charge is 0.239 e. The van der Waals surface area contributed by atoms with Crippen LogP contribution in [0, 0.1) is 6.92 Å². The number of likely N-dealkylation sites (N-methyl/N-ethyl adjacent to an activating group) is 1. The average Bonchev–Trinajstić information content (AvgIpc) is 2.95. The molecule has 1 amide bonds. The molecule has 23 heavy (non-hydrogen) atoms. The lowest BCUT2D eigenvalue weighted by Crippen LogP contribution is -2.42. The Kier molecular flexibility index (Phi) is 5.91. The monoisotopic (exact) mass is 331 g/mol. The lowest BCUT2D eigenvalue weighted by atomic mass is 10.1. The van der Waals surface area contributed by atoms with Crippen LogP contribution in [-0.2, 0) is 4.79 Å². The fourth-order valence-corrected chi connectivity index (χ4v) is 3.73. The van der Waals surface area contributed by atoms with Gasteiger partial charge in [0.2, 0.25) is 5.91 Å². The molecule has 0 spiro atoms. The van der Waals surface area contributed by atoms with Gasteiger partial charge in [-0.1, -0.05) is 43.7 Å². The molecule has 0 fully saturated rings. The summed E-state index contributed by atoms with van der Waals surface area (Å²) in [5.41, 5.74) is 8.06. The average molecular weight is 331 g/mol. The molecule has 0 aliphatic carbocycles. The van der Waals surface area contributed by atoms with Crippen molar-refractivity contribution in [2.24, 2.45) is 5.73 Å². The second-order valence-corrected chi connectivity index (χ2v) is 6.89. The van der Waals surface area contributed by atoms with E-state index in [1.807, 2.05) is 46.0 Å². The third kappa shape index (κ3) is 3.98. The van der Waals surface area contributed by atoms with Crippen molar-refractivity contribution in [1.82, 2.24) is 9.88 Å². The van der Waals surface area contributed by atoms with Crippen LogP contribution < -0.4 is 5.73 Å². The van der Waals surface area contributed by atoms with Gasteiger partial charge in [0.1, 0.15) is 5.01 Å². The molecule has 2 unspecified atom stereocenters. The van der Waals surface area contributed by atoms with E-state index in [-0.39, 0.29) is 11.9 Å². The Morgan fingerprint density at radius 1 is 1.35 bits per heavy atom. The SMILES string of the molecule is CCCC(N)C(=O)N(C)C(C)c1sc(-c2ccccc2)nc1C. The number of carbonyl (C=O) groups excluding carboxylic acids is 1. The van der Waals surface area contributed by atoms with Crippen molar-refractivity contribution in [2.75, 3.05) is 7.05 Å². The molecule has 0 saturated carbocycles. The molecule has 1 heterocycles. The van der Waals surface area contributed by atoms with Gasteiger partial charge in [0.25, 0.3) is 0 Å². The van der Waals surface area contributed by atoms with Crippen LogP contribution in [0.5, 0.6) is 0 Å². The highest BCUT2D eigenvalue weighted by Crippen LogP contribution is 2.33. The number of nitrogens with two attached hydrogens (primary N) is 1. The van der Waals surface area contributed by atoms with Crippen LogP contribution in [0.2, 0.25) is 0 Å². The van der Waals surface area contributed by atoms with Gasteiger partial charge in [-0.3, -0.25) is 4.79 Å². The molecule has 0 bridgehead atoms. The molecule has 2 rings (SSSR count). The highest BCUT2D eigenvalue weighted by atomic mass is 32.1. The van der Waals surface area contributed by atoms with Gasteiger partial charge in [0.05, 0.1) is 22.7 Å². The van der Waals surface area contributed by atoms with Crippen molar-refractivity contribution in [3.8, 4) is 10.6 Å². The molecule has 5 heteroatoms. The number of rotatable bonds is 6. The Morgan fingerprint density at radius 3 is 2.61 bits per heavy atom. The van der Waals surface area contributed by atoms with E-state index in [9.17, 15) is 4.79 Å². The highest BCUT2D eigenvalue weighted by molar-refractivity contribution is 7.15. The zero-order valence-electron chi connectivity index (χ0n) is 14.2. The van der Waals surface area contributed by atoms with E-state index in [0.29, 0.717) is 6.42 Å². The number of carbonyl (C=O) groups is 1. The fraction of sp³-hybridized carbons (Fsp3) is 0.444. The van der Waals surface area contributed by atoms with Crippen LogP contribution in [0.3, 0.4) is 0 Å². The zero-order valence-corrected chi connectivity index (χ0v) is 15.1. The number of benzene rings is 1. The predicted octanol–water partition coefficient (Wildman–Crippen LogP) is 3.77. The summed E-state index contributed by atoms with van der Waals surface area (Å²) in [6.45, 7) is 6.07. The first kappa shape index (κ1) is 17.6. The molecule has 1 aromatic heterocycles. The van der Waals surface area contributed by atoms with Gasteiger partial charge in [0, 0.05) is 12.6 Å². The molecular formula is C18H25N3OS. The quantitative estimate of drug-likeness (QED) is 0.876. The summed E-state index contributed by atoms with van der Waals surface area (Å²) in [5, 5.41) is 0.989. The van der Waals surface area contributed by atoms with Crippen LogP contribution in [0.15, 0.2) is 30.3 Å². The molecule has 4 nitrogen and oxygen atoms in total. The maximum absolute atomic E-state index is 12.4. The van der Waals surface area contributed by atoms with E-state index >= 15 is 0 Å². The fourth-order valence-electron chi connectivity index (χ4n) is 2.56. The van der Waals surface area contributed by atoms with Gasteiger partial charge in [-0.15, -0.1) is 11.3 Å². The van der Waals surface area contributed by atoms with Crippen molar-refractivity contribution in [2.45, 2.75) is 45.7 Å². The van der Waals surface area contributed by atoms with Gasteiger partial charge in [-0.2, -0.15) is 0 Å². The second-order valence-electron chi connectivity index (χ2n) is 5.85. The lowest BCUT2D eigenvalue weighted by molar-refractivity contribution is -0.133. The maximum Gasteiger partial charge on any atom is 0.239 e. The summed E-state index contributed by atoms with van der Waals surface area (Å²) in [4.78, 5) is 20.0. The van der Waals surface area contributed by atoms with Crippen molar-refractivity contribution < 1.29 is 4.79 Å². The highest BCUT2D eigenvalue weighted by Gasteiger charge is 2.25. The van der Waals surface area contributed by atoms with E-state index in [2.05, 4.69) is 17.1 Å².